The molecule has 0 saturated carbocycles. The van der Waals surface area contributed by atoms with Crippen molar-refractivity contribution < 1.29 is 0 Å². The van der Waals surface area contributed by atoms with Crippen LogP contribution in [0.5, 0.6) is 0 Å². The summed E-state index contributed by atoms with van der Waals surface area (Å²) in [6.45, 7) is 6.98. The van der Waals surface area contributed by atoms with Gasteiger partial charge in [-0.2, -0.15) is 23.8 Å². The third kappa shape index (κ3) is 6.92. The highest BCUT2D eigenvalue weighted by Crippen LogP contribution is 2.19. The van der Waals surface area contributed by atoms with Crippen molar-refractivity contribution in [1.82, 2.24) is 0 Å². The van der Waals surface area contributed by atoms with Crippen LogP contribution in [0.4, 0.5) is 0 Å². The smallest absolute Gasteiger partial charge is 0.109 e. The van der Waals surface area contributed by atoms with Gasteiger partial charge in [0, 0.05) is 5.08 Å². The Balaban J connectivity index is 3.15. The maximum atomic E-state index is 4.11. The van der Waals surface area contributed by atoms with Crippen LogP contribution in [-0.4, -0.2) is 12.3 Å². The van der Waals surface area contributed by atoms with Gasteiger partial charge in [-0.05, 0) is 0 Å². The highest BCUT2D eigenvalue weighted by atomic mass is 32.4. The first kappa shape index (κ1) is 7.92. The maximum absolute atomic E-state index is 4.11. The number of hydrogen-bond acceptors (Lipinski definition) is 2. The fourth-order valence-corrected chi connectivity index (χ4v) is 5.23. The summed E-state index contributed by atoms with van der Waals surface area (Å²) in [5.74, 6) is 0. The highest BCUT2D eigenvalue weighted by Gasteiger charge is 2.10. The molecule has 0 aliphatic rings. The lowest BCUT2D eigenvalue weighted by molar-refractivity contribution is 1.87. The van der Waals surface area contributed by atoms with E-state index >= 15 is 0 Å². The number of rotatable bonds is 2. The van der Waals surface area contributed by atoms with Crippen LogP contribution in [0.1, 0.15) is 0 Å². The molecular weight excluding hydrogens is 140 g/mol. The number of thiol groups is 1. The van der Waals surface area contributed by atoms with Gasteiger partial charge in [-0.15, -0.1) is 0 Å². The average Bonchev–Trinajstić information content (AvgIpc) is 1.30. The first-order valence-electron chi connectivity index (χ1n) is 2.31. The van der Waals surface area contributed by atoms with Gasteiger partial charge in [0.05, 0.1) is 0 Å². The molecule has 0 aromatic carbocycles. The molecular formula is C4H12S2Si. The standard InChI is InChI=1S/C4H12S2Si/c1-7(2,3)6-4-5/h5H,4H2,1-3H3. The van der Waals surface area contributed by atoms with Gasteiger partial charge in [-0.1, -0.05) is 19.6 Å². The molecule has 0 spiro atoms. The molecule has 0 saturated heterocycles. The van der Waals surface area contributed by atoms with Gasteiger partial charge in [0.2, 0.25) is 0 Å². The fraction of sp³-hybridized carbons (Fsp3) is 1.00. The van der Waals surface area contributed by atoms with E-state index < -0.39 is 7.22 Å². The van der Waals surface area contributed by atoms with Crippen LogP contribution in [0.15, 0.2) is 0 Å². The van der Waals surface area contributed by atoms with E-state index in [1.165, 1.54) is 0 Å². The van der Waals surface area contributed by atoms with Crippen molar-refractivity contribution in [3.8, 4) is 0 Å². The zero-order valence-corrected chi connectivity index (χ0v) is 7.77. The van der Waals surface area contributed by atoms with Gasteiger partial charge in [-0.25, -0.2) is 0 Å². The van der Waals surface area contributed by atoms with Gasteiger partial charge >= 0.3 is 0 Å². The van der Waals surface area contributed by atoms with Crippen molar-refractivity contribution in [3.05, 3.63) is 0 Å². The minimum absolute atomic E-state index is 0.817. The fourth-order valence-electron chi connectivity index (χ4n) is 0.194. The third-order valence-corrected chi connectivity index (χ3v) is 5.64. The Labute approximate surface area is 56.1 Å². The number of hydrogen-bond donors (Lipinski definition) is 1. The monoisotopic (exact) mass is 152 g/mol. The molecule has 0 fully saturated rings. The first-order chi connectivity index (χ1) is 3.06. The molecule has 0 amide bonds. The molecule has 0 aliphatic carbocycles. The molecule has 0 rings (SSSR count). The third-order valence-electron chi connectivity index (χ3n) is 0.498. The van der Waals surface area contributed by atoms with E-state index in [0.29, 0.717) is 0 Å². The molecule has 0 heterocycles. The van der Waals surface area contributed by atoms with Crippen LogP contribution >= 0.6 is 23.8 Å². The van der Waals surface area contributed by atoms with E-state index in [0.717, 1.165) is 5.08 Å². The van der Waals surface area contributed by atoms with E-state index in [1.807, 2.05) is 11.2 Å². The zero-order chi connectivity index (χ0) is 5.91. The SMILES string of the molecule is C[Si](C)(C)SCS. The van der Waals surface area contributed by atoms with Gasteiger partial charge in [0.15, 0.2) is 0 Å². The molecule has 0 aromatic heterocycles. The second-order valence-electron chi connectivity index (χ2n) is 2.39. The van der Waals surface area contributed by atoms with Crippen LogP contribution < -0.4 is 0 Å². The van der Waals surface area contributed by atoms with Gasteiger partial charge in [0.1, 0.15) is 7.22 Å². The average molecular weight is 152 g/mol. The van der Waals surface area contributed by atoms with Crippen molar-refractivity contribution in [2.75, 3.05) is 5.08 Å². The lowest BCUT2D eigenvalue weighted by Crippen LogP contribution is -2.13. The van der Waals surface area contributed by atoms with Crippen LogP contribution in [-0.2, 0) is 0 Å². The molecule has 0 N–H and O–H groups in total. The molecule has 0 bridgehead atoms. The largest absolute Gasteiger partial charge is 0.175 e. The Morgan fingerprint density at radius 1 is 1.43 bits per heavy atom. The second-order valence-corrected chi connectivity index (χ2v) is 12.5. The van der Waals surface area contributed by atoms with Crippen LogP contribution in [0, 0.1) is 0 Å². The van der Waals surface area contributed by atoms with Crippen molar-refractivity contribution in [1.29, 1.82) is 0 Å². The first-order valence-corrected chi connectivity index (χ1v) is 8.15. The van der Waals surface area contributed by atoms with Crippen molar-refractivity contribution in [3.63, 3.8) is 0 Å². The summed E-state index contributed by atoms with van der Waals surface area (Å²) in [4.78, 5) is 0. The second kappa shape index (κ2) is 3.05. The minimum Gasteiger partial charge on any atom is -0.175 e. The maximum Gasteiger partial charge on any atom is 0.109 e. The quantitative estimate of drug-likeness (QED) is 0.360. The van der Waals surface area contributed by atoms with Gasteiger partial charge in [0.25, 0.3) is 0 Å². The predicted octanol–water partition coefficient (Wildman–Crippen LogP) is 2.44. The summed E-state index contributed by atoms with van der Waals surface area (Å²) in [5.41, 5.74) is 0. The summed E-state index contributed by atoms with van der Waals surface area (Å²) >= 11 is 6.10. The lowest BCUT2D eigenvalue weighted by atomic mass is 11.8. The van der Waals surface area contributed by atoms with Crippen LogP contribution in [0.25, 0.3) is 0 Å². The molecule has 7 heavy (non-hydrogen) atoms. The van der Waals surface area contributed by atoms with E-state index in [1.54, 1.807) is 0 Å². The Hall–Kier alpha value is 0.917. The summed E-state index contributed by atoms with van der Waals surface area (Å²) in [5, 5.41) is 0.982. The summed E-state index contributed by atoms with van der Waals surface area (Å²) in [6, 6.07) is 0. The molecule has 0 aliphatic heterocycles. The van der Waals surface area contributed by atoms with E-state index in [4.69, 9.17) is 0 Å². The Morgan fingerprint density at radius 2 is 1.86 bits per heavy atom. The summed E-state index contributed by atoms with van der Waals surface area (Å²) < 4.78 is 0. The van der Waals surface area contributed by atoms with Crippen molar-refractivity contribution >= 4 is 31.1 Å². The molecule has 0 aromatic rings. The molecule has 0 nitrogen and oxygen atoms in total. The Morgan fingerprint density at radius 3 is 1.86 bits per heavy atom. The molecule has 0 radical (unpaired) electrons. The van der Waals surface area contributed by atoms with Crippen molar-refractivity contribution in [2.24, 2.45) is 0 Å². The predicted molar refractivity (Wildman–Crippen MR) is 44.8 cm³/mol. The minimum atomic E-state index is -0.817. The highest BCUT2D eigenvalue weighted by molar-refractivity contribution is 8.32. The molecule has 0 unspecified atom stereocenters. The summed E-state index contributed by atoms with van der Waals surface area (Å²) in [6.07, 6.45) is 0. The summed E-state index contributed by atoms with van der Waals surface area (Å²) in [7, 11) is -0.817. The lowest BCUT2D eigenvalue weighted by Gasteiger charge is -2.11. The Kier molecular flexibility index (Phi) is 3.44. The normalized spacial score (nSPS) is 12.0. The van der Waals surface area contributed by atoms with E-state index in [9.17, 15) is 0 Å². The van der Waals surface area contributed by atoms with Gasteiger partial charge in [-0.3, -0.25) is 0 Å². The van der Waals surface area contributed by atoms with Crippen molar-refractivity contribution in [2.45, 2.75) is 19.6 Å². The Bertz CT molecular complexity index is 48.1. The van der Waals surface area contributed by atoms with E-state index in [2.05, 4.69) is 32.3 Å². The zero-order valence-electron chi connectivity index (χ0n) is 5.06. The van der Waals surface area contributed by atoms with Crippen LogP contribution in [0.3, 0.4) is 0 Å². The molecule has 44 valence electrons. The molecule has 0 atom stereocenters. The topological polar surface area (TPSA) is 0 Å². The van der Waals surface area contributed by atoms with E-state index in [-0.39, 0.29) is 0 Å². The molecule has 3 heteroatoms. The van der Waals surface area contributed by atoms with Crippen LogP contribution in [0.2, 0.25) is 19.6 Å². The van der Waals surface area contributed by atoms with Gasteiger partial charge < -0.3 is 0 Å².